The van der Waals surface area contributed by atoms with Crippen molar-refractivity contribution in [3.05, 3.63) is 41.5 Å². The molecule has 2 aliphatic heterocycles. The molecule has 4 atom stereocenters. The first-order valence-electron chi connectivity index (χ1n) is 13.4. The fraction of sp³-hybridized carbons (Fsp3) is 0.621. The van der Waals surface area contributed by atoms with Crippen LogP contribution < -0.4 is 10.6 Å². The summed E-state index contributed by atoms with van der Waals surface area (Å²) in [4.78, 5) is 33.8. The minimum absolute atomic E-state index is 0.0928. The van der Waals surface area contributed by atoms with Crippen LogP contribution in [0.15, 0.2) is 35.3 Å². The summed E-state index contributed by atoms with van der Waals surface area (Å²) < 4.78 is 0. The largest absolute Gasteiger partial charge is 0.343 e. The summed E-state index contributed by atoms with van der Waals surface area (Å²) in [5, 5.41) is 6.17. The molecular formula is C29H42N4O2. The molecule has 1 aromatic rings. The molecular weight excluding hydrogens is 436 g/mol. The Hall–Kier alpha value is -2.47. The molecule has 0 aromatic heterocycles. The number of hydrogen-bond donors (Lipinski definition) is 2. The summed E-state index contributed by atoms with van der Waals surface area (Å²) in [6.45, 7) is 6.95. The third-order valence-corrected chi connectivity index (χ3v) is 8.38. The number of likely N-dealkylation sites (tertiary alicyclic amines) is 1. The number of carbonyl (C=O) groups is 2. The van der Waals surface area contributed by atoms with Gasteiger partial charge in [0.05, 0.1) is 11.7 Å². The van der Waals surface area contributed by atoms with Gasteiger partial charge in [0.15, 0.2) is 0 Å². The predicted molar refractivity (Wildman–Crippen MR) is 142 cm³/mol. The standard InChI is InChI=1S/C29H42N4O2/c1-20-12-14-22(15-13-20)24-19-29(3,16-17-31-24)25-11-8-18-33(25)28(35)26(23-9-6-5-7-10-23)32-27(34)21(2)30-4/h12-15,17,19,21,23,25-26,30H,5-11,16,18H2,1-4H3,(H,32,34). The smallest absolute Gasteiger partial charge is 0.245 e. The maximum Gasteiger partial charge on any atom is 0.245 e. The van der Waals surface area contributed by atoms with Gasteiger partial charge in [-0.3, -0.25) is 14.6 Å². The summed E-state index contributed by atoms with van der Waals surface area (Å²) >= 11 is 0. The summed E-state index contributed by atoms with van der Waals surface area (Å²) in [6, 6.07) is 7.82. The zero-order valence-corrected chi connectivity index (χ0v) is 21.8. The van der Waals surface area contributed by atoms with Gasteiger partial charge in [0, 0.05) is 24.2 Å². The topological polar surface area (TPSA) is 73.8 Å². The van der Waals surface area contributed by atoms with E-state index in [1.807, 2.05) is 13.1 Å². The Morgan fingerprint density at radius 1 is 1.09 bits per heavy atom. The van der Waals surface area contributed by atoms with Crippen LogP contribution in [0.1, 0.15) is 76.3 Å². The molecule has 0 bridgehead atoms. The van der Waals surface area contributed by atoms with Gasteiger partial charge in [0.25, 0.3) is 0 Å². The maximum absolute atomic E-state index is 14.1. The highest BCUT2D eigenvalue weighted by atomic mass is 16.2. The SMILES string of the molecule is CNC(C)C(=O)NC(C(=O)N1CCCC1C1(C)C=C(c2ccc(C)cc2)N=CC1)C1CCCCC1. The van der Waals surface area contributed by atoms with Crippen molar-refractivity contribution in [2.75, 3.05) is 13.6 Å². The Morgan fingerprint density at radius 2 is 1.80 bits per heavy atom. The number of aryl methyl sites for hydroxylation is 1. The summed E-state index contributed by atoms with van der Waals surface area (Å²) in [5.41, 5.74) is 3.14. The number of amides is 2. The van der Waals surface area contributed by atoms with Gasteiger partial charge in [-0.25, -0.2) is 0 Å². The number of benzene rings is 1. The summed E-state index contributed by atoms with van der Waals surface area (Å²) in [6.07, 6.45) is 12.6. The average molecular weight is 479 g/mol. The van der Waals surface area contributed by atoms with Crippen LogP contribution in [-0.2, 0) is 9.59 Å². The number of hydrogen-bond acceptors (Lipinski definition) is 4. The van der Waals surface area contributed by atoms with Crippen molar-refractivity contribution in [2.24, 2.45) is 16.3 Å². The summed E-state index contributed by atoms with van der Waals surface area (Å²) in [7, 11) is 1.78. The zero-order valence-electron chi connectivity index (χ0n) is 21.8. The molecule has 1 saturated heterocycles. The highest BCUT2D eigenvalue weighted by molar-refractivity contribution is 5.90. The minimum Gasteiger partial charge on any atom is -0.343 e. The lowest BCUT2D eigenvalue weighted by Crippen LogP contribution is -2.58. The normalized spacial score (nSPS) is 26.8. The van der Waals surface area contributed by atoms with Gasteiger partial charge in [0.1, 0.15) is 6.04 Å². The van der Waals surface area contributed by atoms with Crippen molar-refractivity contribution in [3.8, 4) is 0 Å². The van der Waals surface area contributed by atoms with E-state index in [9.17, 15) is 9.59 Å². The molecule has 0 spiro atoms. The Bertz CT molecular complexity index is 963. The number of nitrogens with zero attached hydrogens (tertiary/aromatic N) is 2. The van der Waals surface area contributed by atoms with Gasteiger partial charge in [-0.15, -0.1) is 0 Å². The number of aliphatic imine (C=N–C) groups is 1. The van der Waals surface area contributed by atoms with E-state index < -0.39 is 6.04 Å². The number of rotatable bonds is 7. The third kappa shape index (κ3) is 5.69. The number of likely N-dealkylation sites (N-methyl/N-ethyl adjacent to an activating group) is 1. The van der Waals surface area contributed by atoms with E-state index in [0.29, 0.717) is 0 Å². The Balaban J connectivity index is 1.58. The molecule has 0 radical (unpaired) electrons. The predicted octanol–water partition coefficient (Wildman–Crippen LogP) is 4.48. The number of nitrogens with one attached hydrogen (secondary N) is 2. The van der Waals surface area contributed by atoms with Crippen molar-refractivity contribution < 1.29 is 9.59 Å². The van der Waals surface area contributed by atoms with Crippen LogP contribution in [0.2, 0.25) is 0 Å². The second kappa shape index (κ2) is 11.1. The van der Waals surface area contributed by atoms with Gasteiger partial charge >= 0.3 is 0 Å². The van der Waals surface area contributed by atoms with E-state index in [4.69, 9.17) is 4.99 Å². The molecule has 2 fully saturated rings. The first-order chi connectivity index (χ1) is 16.8. The van der Waals surface area contributed by atoms with Crippen molar-refractivity contribution in [1.82, 2.24) is 15.5 Å². The fourth-order valence-corrected chi connectivity index (χ4v) is 6.02. The van der Waals surface area contributed by atoms with Crippen LogP contribution in [0.3, 0.4) is 0 Å². The second-order valence-electron chi connectivity index (χ2n) is 11.0. The maximum atomic E-state index is 14.1. The van der Waals surface area contributed by atoms with Crippen LogP contribution in [-0.4, -0.2) is 54.6 Å². The molecule has 6 heteroatoms. The van der Waals surface area contributed by atoms with Crippen LogP contribution in [0, 0.1) is 18.3 Å². The van der Waals surface area contributed by atoms with Crippen LogP contribution in [0.4, 0.5) is 0 Å². The van der Waals surface area contributed by atoms with Crippen molar-refractivity contribution >= 4 is 23.7 Å². The third-order valence-electron chi connectivity index (χ3n) is 8.38. The quantitative estimate of drug-likeness (QED) is 0.607. The van der Waals surface area contributed by atoms with Crippen molar-refractivity contribution in [1.29, 1.82) is 0 Å². The van der Waals surface area contributed by atoms with E-state index in [1.165, 1.54) is 12.0 Å². The molecule has 6 nitrogen and oxygen atoms in total. The zero-order chi connectivity index (χ0) is 25.0. The molecule has 1 aromatic carbocycles. The van der Waals surface area contributed by atoms with Gasteiger partial charge in [-0.2, -0.15) is 0 Å². The lowest BCUT2D eigenvalue weighted by atomic mass is 9.75. The summed E-state index contributed by atoms with van der Waals surface area (Å²) in [5.74, 6) is 0.222. The first-order valence-corrected chi connectivity index (χ1v) is 13.4. The van der Waals surface area contributed by atoms with E-state index >= 15 is 0 Å². The van der Waals surface area contributed by atoms with E-state index in [0.717, 1.165) is 62.8 Å². The first kappa shape index (κ1) is 25.6. The van der Waals surface area contributed by atoms with Crippen LogP contribution >= 0.6 is 0 Å². The van der Waals surface area contributed by atoms with Crippen molar-refractivity contribution in [3.63, 3.8) is 0 Å². The molecule has 1 aliphatic carbocycles. The Morgan fingerprint density at radius 3 is 2.49 bits per heavy atom. The Labute approximate surface area is 210 Å². The molecule has 2 N–H and O–H groups in total. The van der Waals surface area contributed by atoms with Gasteiger partial charge in [0.2, 0.25) is 11.8 Å². The Kier molecular flexibility index (Phi) is 8.10. The van der Waals surface area contributed by atoms with E-state index in [1.54, 1.807) is 7.05 Å². The highest BCUT2D eigenvalue weighted by Crippen LogP contribution is 2.42. The average Bonchev–Trinajstić information content (AvgIpc) is 3.38. The minimum atomic E-state index is -0.444. The molecule has 2 heterocycles. The lowest BCUT2D eigenvalue weighted by molar-refractivity contribution is -0.140. The molecule has 4 unspecified atom stereocenters. The van der Waals surface area contributed by atoms with E-state index in [-0.39, 0.29) is 35.2 Å². The lowest BCUT2D eigenvalue weighted by Gasteiger charge is -2.42. The van der Waals surface area contributed by atoms with Crippen LogP contribution in [0.25, 0.3) is 5.70 Å². The molecule has 1 saturated carbocycles. The van der Waals surface area contributed by atoms with Crippen molar-refractivity contribution in [2.45, 2.75) is 90.3 Å². The monoisotopic (exact) mass is 478 g/mol. The number of carbonyl (C=O) groups excluding carboxylic acids is 2. The van der Waals surface area contributed by atoms with Gasteiger partial charge < -0.3 is 15.5 Å². The molecule has 190 valence electrons. The van der Waals surface area contributed by atoms with Gasteiger partial charge in [-0.1, -0.05) is 56.0 Å². The molecule has 2 amide bonds. The molecule has 35 heavy (non-hydrogen) atoms. The van der Waals surface area contributed by atoms with Gasteiger partial charge in [-0.05, 0) is 70.6 Å². The van der Waals surface area contributed by atoms with Crippen LogP contribution in [0.5, 0.6) is 0 Å². The molecule has 3 aliphatic rings. The fourth-order valence-electron chi connectivity index (χ4n) is 6.02. The highest BCUT2D eigenvalue weighted by Gasteiger charge is 2.45. The van der Waals surface area contributed by atoms with E-state index in [2.05, 4.69) is 59.7 Å². The molecule has 4 rings (SSSR count). The second-order valence-corrected chi connectivity index (χ2v) is 11.0.